The standard InChI is InChI=1S/C22H27ClN4O4S/c1-15-5-4-6-19(16(15)2)24-21(28)14-26-9-11-27(12-10-26)22(29)17-7-8-18(23)20(13-17)25-32(3,30)31/h4-8,13,25H,9-12,14H2,1-3H3,(H,24,28). The van der Waals surface area contributed by atoms with Crippen molar-refractivity contribution in [2.24, 2.45) is 0 Å². The van der Waals surface area contributed by atoms with Crippen LogP contribution in [0.15, 0.2) is 36.4 Å². The first kappa shape index (κ1) is 24.0. The maximum absolute atomic E-state index is 12.9. The summed E-state index contributed by atoms with van der Waals surface area (Å²) in [6.45, 7) is 6.28. The second kappa shape index (κ2) is 9.89. The van der Waals surface area contributed by atoms with Gasteiger partial charge in [-0.25, -0.2) is 8.42 Å². The summed E-state index contributed by atoms with van der Waals surface area (Å²) in [7, 11) is -3.52. The number of anilines is 2. The number of hydrogen-bond acceptors (Lipinski definition) is 5. The fraction of sp³-hybridized carbons (Fsp3) is 0.364. The van der Waals surface area contributed by atoms with Crippen molar-refractivity contribution in [3.05, 3.63) is 58.1 Å². The fourth-order valence-corrected chi connectivity index (χ4v) is 4.30. The van der Waals surface area contributed by atoms with Gasteiger partial charge in [0, 0.05) is 37.4 Å². The summed E-state index contributed by atoms with van der Waals surface area (Å²) in [5.41, 5.74) is 3.49. The molecule has 32 heavy (non-hydrogen) atoms. The Labute approximate surface area is 193 Å². The quantitative estimate of drug-likeness (QED) is 0.665. The summed E-state index contributed by atoms with van der Waals surface area (Å²) in [4.78, 5) is 29.0. The van der Waals surface area contributed by atoms with Crippen LogP contribution in [0.2, 0.25) is 5.02 Å². The van der Waals surface area contributed by atoms with Crippen molar-refractivity contribution in [1.29, 1.82) is 0 Å². The molecule has 0 spiro atoms. The number of nitrogens with zero attached hydrogens (tertiary/aromatic N) is 2. The van der Waals surface area contributed by atoms with Crippen LogP contribution in [0.3, 0.4) is 0 Å². The Morgan fingerprint density at radius 1 is 1.03 bits per heavy atom. The van der Waals surface area contributed by atoms with Crippen LogP contribution in [-0.2, 0) is 14.8 Å². The first-order valence-corrected chi connectivity index (χ1v) is 12.5. The van der Waals surface area contributed by atoms with Crippen LogP contribution in [0.1, 0.15) is 21.5 Å². The lowest BCUT2D eigenvalue weighted by Crippen LogP contribution is -2.50. The molecular weight excluding hydrogens is 452 g/mol. The topological polar surface area (TPSA) is 98.8 Å². The fourth-order valence-electron chi connectivity index (χ4n) is 3.51. The van der Waals surface area contributed by atoms with Crippen molar-refractivity contribution in [3.63, 3.8) is 0 Å². The Balaban J connectivity index is 1.56. The molecule has 2 N–H and O–H groups in total. The van der Waals surface area contributed by atoms with E-state index in [2.05, 4.69) is 10.0 Å². The van der Waals surface area contributed by atoms with E-state index in [0.717, 1.165) is 23.1 Å². The summed E-state index contributed by atoms with van der Waals surface area (Å²) in [6.07, 6.45) is 1.02. The van der Waals surface area contributed by atoms with Crippen molar-refractivity contribution in [3.8, 4) is 0 Å². The molecule has 2 aromatic rings. The van der Waals surface area contributed by atoms with Crippen LogP contribution in [0.5, 0.6) is 0 Å². The molecule has 0 aliphatic carbocycles. The van der Waals surface area contributed by atoms with Gasteiger partial charge in [0.25, 0.3) is 5.91 Å². The van der Waals surface area contributed by atoms with Crippen LogP contribution in [-0.4, -0.2) is 69.0 Å². The average Bonchev–Trinajstić information content (AvgIpc) is 2.72. The van der Waals surface area contributed by atoms with Gasteiger partial charge in [0.05, 0.1) is 23.5 Å². The van der Waals surface area contributed by atoms with Crippen LogP contribution >= 0.6 is 11.6 Å². The Morgan fingerprint density at radius 3 is 2.38 bits per heavy atom. The molecule has 0 bridgehead atoms. The van der Waals surface area contributed by atoms with Gasteiger partial charge in [-0.1, -0.05) is 23.7 Å². The highest BCUT2D eigenvalue weighted by Gasteiger charge is 2.24. The van der Waals surface area contributed by atoms with Gasteiger partial charge in [0.1, 0.15) is 0 Å². The third-order valence-corrected chi connectivity index (χ3v) is 6.33. The van der Waals surface area contributed by atoms with Gasteiger partial charge in [-0.05, 0) is 49.2 Å². The first-order valence-electron chi connectivity index (χ1n) is 10.2. The number of benzene rings is 2. The second-order valence-corrected chi connectivity index (χ2v) is 10.1. The van der Waals surface area contributed by atoms with Gasteiger partial charge in [0.15, 0.2) is 0 Å². The van der Waals surface area contributed by atoms with Crippen molar-refractivity contribution < 1.29 is 18.0 Å². The normalized spacial score (nSPS) is 14.8. The number of sulfonamides is 1. The van der Waals surface area contributed by atoms with Gasteiger partial charge < -0.3 is 10.2 Å². The van der Waals surface area contributed by atoms with E-state index in [1.165, 1.54) is 12.1 Å². The molecule has 0 radical (unpaired) electrons. The SMILES string of the molecule is Cc1cccc(NC(=O)CN2CCN(C(=O)c3ccc(Cl)c(NS(C)(=O)=O)c3)CC2)c1C. The minimum absolute atomic E-state index is 0.0901. The minimum Gasteiger partial charge on any atom is -0.336 e. The molecule has 0 saturated carbocycles. The lowest BCUT2D eigenvalue weighted by Gasteiger charge is -2.34. The lowest BCUT2D eigenvalue weighted by molar-refractivity contribution is -0.117. The largest absolute Gasteiger partial charge is 0.336 e. The van der Waals surface area contributed by atoms with E-state index < -0.39 is 10.0 Å². The Bertz CT molecular complexity index is 1130. The number of aryl methyl sites for hydroxylation is 1. The number of halogens is 1. The third-order valence-electron chi connectivity index (χ3n) is 5.41. The summed E-state index contributed by atoms with van der Waals surface area (Å²) in [5.74, 6) is -0.301. The van der Waals surface area contributed by atoms with Gasteiger partial charge in [-0.15, -0.1) is 0 Å². The van der Waals surface area contributed by atoms with E-state index in [4.69, 9.17) is 11.6 Å². The molecule has 2 aromatic carbocycles. The third kappa shape index (κ3) is 6.21. The smallest absolute Gasteiger partial charge is 0.254 e. The van der Waals surface area contributed by atoms with E-state index in [1.54, 1.807) is 11.0 Å². The molecule has 10 heteroatoms. The average molecular weight is 479 g/mol. The molecule has 0 aromatic heterocycles. The molecule has 0 unspecified atom stereocenters. The summed E-state index contributed by atoms with van der Waals surface area (Å²) < 4.78 is 25.3. The van der Waals surface area contributed by atoms with Crippen molar-refractivity contribution in [2.75, 3.05) is 49.0 Å². The van der Waals surface area contributed by atoms with E-state index in [1.807, 2.05) is 36.9 Å². The minimum atomic E-state index is -3.52. The van der Waals surface area contributed by atoms with Gasteiger partial charge in [-0.3, -0.25) is 19.2 Å². The van der Waals surface area contributed by atoms with E-state index in [-0.39, 0.29) is 29.1 Å². The van der Waals surface area contributed by atoms with Crippen molar-refractivity contribution in [2.45, 2.75) is 13.8 Å². The molecule has 3 rings (SSSR count). The van der Waals surface area contributed by atoms with E-state index in [9.17, 15) is 18.0 Å². The van der Waals surface area contributed by atoms with Crippen molar-refractivity contribution >= 4 is 44.8 Å². The molecule has 2 amide bonds. The summed E-state index contributed by atoms with van der Waals surface area (Å²) in [5, 5.41) is 3.17. The number of hydrogen-bond donors (Lipinski definition) is 2. The zero-order valence-corrected chi connectivity index (χ0v) is 19.9. The molecule has 1 fully saturated rings. The highest BCUT2D eigenvalue weighted by Crippen LogP contribution is 2.25. The van der Waals surface area contributed by atoms with Gasteiger partial charge in [-0.2, -0.15) is 0 Å². The Kier molecular flexibility index (Phi) is 7.43. The maximum atomic E-state index is 12.9. The van der Waals surface area contributed by atoms with Crippen LogP contribution in [0.25, 0.3) is 0 Å². The zero-order chi connectivity index (χ0) is 23.5. The Morgan fingerprint density at radius 2 is 1.72 bits per heavy atom. The predicted molar refractivity (Wildman–Crippen MR) is 127 cm³/mol. The lowest BCUT2D eigenvalue weighted by atomic mass is 10.1. The zero-order valence-electron chi connectivity index (χ0n) is 18.3. The number of rotatable bonds is 6. The van der Waals surface area contributed by atoms with Crippen LogP contribution in [0.4, 0.5) is 11.4 Å². The summed E-state index contributed by atoms with van der Waals surface area (Å²) in [6, 6.07) is 10.3. The molecule has 1 aliphatic heterocycles. The van der Waals surface area contributed by atoms with Gasteiger partial charge in [0.2, 0.25) is 15.9 Å². The van der Waals surface area contributed by atoms with E-state index >= 15 is 0 Å². The highest BCUT2D eigenvalue weighted by atomic mass is 35.5. The summed E-state index contributed by atoms with van der Waals surface area (Å²) >= 11 is 6.04. The van der Waals surface area contributed by atoms with Crippen LogP contribution in [0, 0.1) is 13.8 Å². The maximum Gasteiger partial charge on any atom is 0.254 e. The monoisotopic (exact) mass is 478 g/mol. The molecule has 1 heterocycles. The molecular formula is C22H27ClN4O4S. The molecule has 0 atom stereocenters. The van der Waals surface area contributed by atoms with Gasteiger partial charge >= 0.3 is 0 Å². The van der Waals surface area contributed by atoms with E-state index in [0.29, 0.717) is 31.7 Å². The molecule has 8 nitrogen and oxygen atoms in total. The first-order chi connectivity index (χ1) is 15.0. The predicted octanol–water partition coefficient (Wildman–Crippen LogP) is 2.72. The number of nitrogens with one attached hydrogen (secondary N) is 2. The second-order valence-electron chi connectivity index (χ2n) is 7.93. The van der Waals surface area contributed by atoms with Crippen molar-refractivity contribution in [1.82, 2.24) is 9.80 Å². The number of piperazine rings is 1. The molecule has 1 aliphatic rings. The number of carbonyl (C=O) groups excluding carboxylic acids is 2. The molecule has 1 saturated heterocycles. The highest BCUT2D eigenvalue weighted by molar-refractivity contribution is 7.92. The number of amides is 2. The number of carbonyl (C=O) groups is 2. The van der Waals surface area contributed by atoms with Crippen LogP contribution < -0.4 is 10.0 Å². The molecule has 172 valence electrons. The Hall–Kier alpha value is -2.62.